The molecule has 0 radical (unpaired) electrons. The summed E-state index contributed by atoms with van der Waals surface area (Å²) in [5, 5.41) is 8.06. The average Bonchev–Trinajstić information content (AvgIpc) is 2.22. The summed E-state index contributed by atoms with van der Waals surface area (Å²) in [4.78, 5) is 25.9. The molecule has 3 N–H and O–H groups in total. The van der Waals surface area contributed by atoms with Crippen molar-refractivity contribution in [1.82, 2.24) is 11.0 Å². The highest BCUT2D eigenvalue weighted by Crippen LogP contribution is 1.83. The summed E-state index contributed by atoms with van der Waals surface area (Å²) in [6.07, 6.45) is 6.12. The van der Waals surface area contributed by atoms with E-state index in [0.717, 1.165) is 12.2 Å². The Morgan fingerprint density at radius 1 is 1.50 bits per heavy atom. The summed E-state index contributed by atoms with van der Waals surface area (Å²) in [7, 11) is 0. The van der Waals surface area contributed by atoms with Crippen LogP contribution < -0.4 is 11.0 Å². The Labute approximate surface area is 80.8 Å². The molecule has 0 spiro atoms. The van der Waals surface area contributed by atoms with Gasteiger partial charge in [-0.2, -0.15) is 0 Å². The number of carbonyl (C=O) groups is 2. The largest absolute Gasteiger partial charge is 0.288 e. The van der Waals surface area contributed by atoms with Crippen LogP contribution in [0, 0.1) is 12.3 Å². The van der Waals surface area contributed by atoms with Gasteiger partial charge in [0, 0.05) is 12.2 Å². The molecule has 0 aliphatic carbocycles. The third-order valence-corrected chi connectivity index (χ3v) is 1.07. The lowest BCUT2D eigenvalue weighted by Crippen LogP contribution is -2.26. The summed E-state index contributed by atoms with van der Waals surface area (Å²) < 4.78 is 0. The standard InChI is InChI=1S/C8H10N2O4/c1-3-6(2)14-10-8(12)5-4-7(11)9-13/h1,4-6,13H,2H3,(H,9,11)(H,10,12)/b5-4+/t6-/m0/s1. The fourth-order valence-electron chi connectivity index (χ4n) is 0.403. The van der Waals surface area contributed by atoms with Crippen molar-refractivity contribution in [2.45, 2.75) is 13.0 Å². The fraction of sp³-hybridized carbons (Fsp3) is 0.250. The molecule has 76 valence electrons. The predicted octanol–water partition coefficient (Wildman–Crippen LogP) is -0.882. The van der Waals surface area contributed by atoms with Crippen LogP contribution in [0.5, 0.6) is 0 Å². The number of amides is 2. The predicted molar refractivity (Wildman–Crippen MR) is 46.6 cm³/mol. The quantitative estimate of drug-likeness (QED) is 0.237. The van der Waals surface area contributed by atoms with E-state index in [9.17, 15) is 9.59 Å². The van der Waals surface area contributed by atoms with Gasteiger partial charge in [0.2, 0.25) is 0 Å². The van der Waals surface area contributed by atoms with Crippen molar-refractivity contribution in [3.05, 3.63) is 12.2 Å². The van der Waals surface area contributed by atoms with Crippen LogP contribution in [0.2, 0.25) is 0 Å². The van der Waals surface area contributed by atoms with Crippen LogP contribution in [0.1, 0.15) is 6.92 Å². The lowest BCUT2D eigenvalue weighted by atomic mass is 10.4. The third-order valence-electron chi connectivity index (χ3n) is 1.07. The van der Waals surface area contributed by atoms with E-state index in [-0.39, 0.29) is 0 Å². The number of carbonyl (C=O) groups excluding carboxylic acids is 2. The second-order valence-electron chi connectivity index (χ2n) is 2.20. The molecule has 14 heavy (non-hydrogen) atoms. The van der Waals surface area contributed by atoms with Crippen LogP contribution in [-0.2, 0) is 14.4 Å². The number of nitrogens with one attached hydrogen (secondary N) is 2. The maximum absolute atomic E-state index is 10.8. The lowest BCUT2D eigenvalue weighted by Gasteiger charge is -2.04. The number of hydrogen-bond acceptors (Lipinski definition) is 4. The van der Waals surface area contributed by atoms with Crippen molar-refractivity contribution < 1.29 is 19.6 Å². The van der Waals surface area contributed by atoms with E-state index in [2.05, 4.69) is 10.8 Å². The Hall–Kier alpha value is -1.84. The van der Waals surface area contributed by atoms with Crippen LogP contribution in [0.15, 0.2) is 12.2 Å². The molecule has 6 heteroatoms. The summed E-state index contributed by atoms with van der Waals surface area (Å²) in [5.74, 6) is 0.745. The van der Waals surface area contributed by atoms with Crippen molar-refractivity contribution in [3.8, 4) is 12.3 Å². The van der Waals surface area contributed by atoms with Crippen molar-refractivity contribution >= 4 is 11.8 Å². The highest BCUT2D eigenvalue weighted by Gasteiger charge is 2.00. The SMILES string of the molecule is C#C[C@H](C)ONC(=O)/C=C/C(=O)NO. The Balaban J connectivity index is 3.83. The molecular weight excluding hydrogens is 188 g/mol. The second kappa shape index (κ2) is 6.65. The smallest absolute Gasteiger partial charge is 0.267 e. The molecule has 0 aromatic carbocycles. The number of hydroxylamine groups is 2. The molecule has 0 bridgehead atoms. The first-order chi connectivity index (χ1) is 6.60. The first-order valence-corrected chi connectivity index (χ1v) is 3.64. The lowest BCUT2D eigenvalue weighted by molar-refractivity contribution is -0.131. The maximum Gasteiger partial charge on any atom is 0.267 e. The zero-order valence-electron chi connectivity index (χ0n) is 7.48. The topological polar surface area (TPSA) is 87.7 Å². The van der Waals surface area contributed by atoms with E-state index in [1.54, 1.807) is 6.92 Å². The van der Waals surface area contributed by atoms with Gasteiger partial charge in [-0.25, -0.2) is 11.0 Å². The van der Waals surface area contributed by atoms with Crippen LogP contribution in [0.4, 0.5) is 0 Å². The zero-order chi connectivity index (χ0) is 11.0. The number of hydrogen-bond donors (Lipinski definition) is 3. The normalized spacial score (nSPS) is 11.8. The van der Waals surface area contributed by atoms with Gasteiger partial charge in [-0.3, -0.25) is 19.6 Å². The van der Waals surface area contributed by atoms with Crippen LogP contribution in [0.25, 0.3) is 0 Å². The highest BCUT2D eigenvalue weighted by molar-refractivity contribution is 5.95. The summed E-state index contributed by atoms with van der Waals surface area (Å²) >= 11 is 0. The first kappa shape index (κ1) is 12.2. The first-order valence-electron chi connectivity index (χ1n) is 3.64. The molecular formula is C8H10N2O4. The van der Waals surface area contributed by atoms with Crippen molar-refractivity contribution in [2.24, 2.45) is 0 Å². The summed E-state index contributed by atoms with van der Waals surface area (Å²) in [5.41, 5.74) is 3.30. The van der Waals surface area contributed by atoms with Gasteiger partial charge in [-0.05, 0) is 6.92 Å². The Morgan fingerprint density at radius 2 is 2.07 bits per heavy atom. The monoisotopic (exact) mass is 198 g/mol. The Morgan fingerprint density at radius 3 is 2.57 bits per heavy atom. The molecule has 0 aliphatic heterocycles. The molecule has 0 fully saturated rings. The fourth-order valence-corrected chi connectivity index (χ4v) is 0.403. The molecule has 2 amide bonds. The van der Waals surface area contributed by atoms with Gasteiger partial charge < -0.3 is 0 Å². The molecule has 0 rings (SSSR count). The highest BCUT2D eigenvalue weighted by atomic mass is 16.7. The van der Waals surface area contributed by atoms with Crippen LogP contribution >= 0.6 is 0 Å². The molecule has 1 atom stereocenters. The zero-order valence-corrected chi connectivity index (χ0v) is 7.48. The minimum absolute atomic E-state index is 0.556. The van der Waals surface area contributed by atoms with Gasteiger partial charge in [-0.15, -0.1) is 6.42 Å². The van der Waals surface area contributed by atoms with Crippen molar-refractivity contribution in [1.29, 1.82) is 0 Å². The van der Waals surface area contributed by atoms with E-state index < -0.39 is 17.9 Å². The van der Waals surface area contributed by atoms with E-state index >= 15 is 0 Å². The molecule has 0 aromatic rings. The third kappa shape index (κ3) is 5.77. The molecule has 0 aromatic heterocycles. The molecule has 6 nitrogen and oxygen atoms in total. The van der Waals surface area contributed by atoms with Gasteiger partial charge >= 0.3 is 0 Å². The van der Waals surface area contributed by atoms with E-state index in [4.69, 9.17) is 11.6 Å². The Bertz CT molecular complexity index is 280. The van der Waals surface area contributed by atoms with E-state index in [1.165, 1.54) is 5.48 Å². The van der Waals surface area contributed by atoms with Gasteiger partial charge in [0.15, 0.2) is 0 Å². The van der Waals surface area contributed by atoms with E-state index in [0.29, 0.717) is 0 Å². The summed E-state index contributed by atoms with van der Waals surface area (Å²) in [6, 6.07) is 0. The van der Waals surface area contributed by atoms with Crippen LogP contribution in [-0.4, -0.2) is 23.1 Å². The van der Waals surface area contributed by atoms with E-state index in [1.807, 2.05) is 5.48 Å². The molecule has 0 unspecified atom stereocenters. The van der Waals surface area contributed by atoms with Gasteiger partial charge in [0.1, 0.15) is 6.10 Å². The van der Waals surface area contributed by atoms with Gasteiger partial charge in [0.05, 0.1) is 0 Å². The molecule has 0 aliphatic rings. The van der Waals surface area contributed by atoms with Gasteiger partial charge in [-0.1, -0.05) is 5.92 Å². The Kier molecular flexibility index (Phi) is 5.78. The van der Waals surface area contributed by atoms with Gasteiger partial charge in [0.25, 0.3) is 11.8 Å². The molecule has 0 saturated carbocycles. The minimum atomic E-state index is -0.815. The summed E-state index contributed by atoms with van der Waals surface area (Å²) in [6.45, 7) is 1.56. The maximum atomic E-state index is 10.8. The molecule has 0 saturated heterocycles. The number of terminal acetylenes is 1. The molecule has 0 heterocycles. The van der Waals surface area contributed by atoms with Crippen molar-refractivity contribution in [3.63, 3.8) is 0 Å². The minimum Gasteiger partial charge on any atom is -0.288 e. The average molecular weight is 198 g/mol. The van der Waals surface area contributed by atoms with Crippen LogP contribution in [0.3, 0.4) is 0 Å². The number of rotatable bonds is 4. The van der Waals surface area contributed by atoms with Crippen molar-refractivity contribution in [2.75, 3.05) is 0 Å². The second-order valence-corrected chi connectivity index (χ2v) is 2.20.